The molecule has 1 aromatic carbocycles. The van der Waals surface area contributed by atoms with E-state index in [1.807, 2.05) is 44.2 Å². The molecule has 172 valence electrons. The molecule has 1 saturated heterocycles. The van der Waals surface area contributed by atoms with E-state index in [0.717, 1.165) is 5.56 Å². The van der Waals surface area contributed by atoms with Crippen molar-refractivity contribution in [1.82, 2.24) is 16.0 Å². The van der Waals surface area contributed by atoms with Gasteiger partial charge in [-0.2, -0.15) is 0 Å². The molecule has 0 saturated carbocycles. The number of benzene rings is 1. The number of hydrogen-bond acceptors (Lipinski definition) is 5. The Labute approximate surface area is 184 Å². The Morgan fingerprint density at radius 2 is 1.90 bits per heavy atom. The molecule has 1 heterocycles. The maximum absolute atomic E-state index is 12.8. The Hall–Kier alpha value is -2.61. The molecular weight excluding hydrogens is 398 g/mol. The van der Waals surface area contributed by atoms with Gasteiger partial charge >= 0.3 is 6.09 Å². The quantitative estimate of drug-likeness (QED) is 0.424. The molecule has 1 fully saturated rings. The molecule has 4 unspecified atom stereocenters. The van der Waals surface area contributed by atoms with Crippen LogP contribution in [0.4, 0.5) is 4.79 Å². The number of nitrogens with one attached hydrogen (secondary N) is 3. The SMILES string of the molecule is CC(C)CC(NC(=O)OC(C)Cc1ccccc1)C(=O)NC(CO)CC1CCNC1=O. The van der Waals surface area contributed by atoms with Crippen LogP contribution in [0.15, 0.2) is 30.3 Å². The van der Waals surface area contributed by atoms with Crippen molar-refractivity contribution >= 4 is 17.9 Å². The summed E-state index contributed by atoms with van der Waals surface area (Å²) in [5.74, 6) is -0.511. The number of ether oxygens (including phenoxy) is 1. The van der Waals surface area contributed by atoms with Crippen LogP contribution in [-0.4, -0.2) is 54.4 Å². The average molecular weight is 434 g/mol. The smallest absolute Gasteiger partial charge is 0.408 e. The molecular formula is C23H35N3O5. The molecule has 0 spiro atoms. The molecule has 4 atom stereocenters. The molecule has 0 aliphatic carbocycles. The van der Waals surface area contributed by atoms with E-state index in [1.54, 1.807) is 6.92 Å². The van der Waals surface area contributed by atoms with E-state index in [4.69, 9.17) is 4.74 Å². The Balaban J connectivity index is 1.90. The first-order chi connectivity index (χ1) is 14.8. The zero-order valence-corrected chi connectivity index (χ0v) is 18.6. The van der Waals surface area contributed by atoms with Crippen LogP contribution >= 0.6 is 0 Å². The van der Waals surface area contributed by atoms with Crippen LogP contribution in [0.5, 0.6) is 0 Å². The van der Waals surface area contributed by atoms with Crippen molar-refractivity contribution in [2.75, 3.05) is 13.2 Å². The van der Waals surface area contributed by atoms with Gasteiger partial charge in [0.2, 0.25) is 11.8 Å². The van der Waals surface area contributed by atoms with E-state index in [1.165, 1.54) is 0 Å². The fourth-order valence-corrected chi connectivity index (χ4v) is 3.74. The lowest BCUT2D eigenvalue weighted by molar-refractivity contribution is -0.126. The Bertz CT molecular complexity index is 725. The van der Waals surface area contributed by atoms with Gasteiger partial charge < -0.3 is 25.8 Å². The first kappa shape index (κ1) is 24.7. The molecule has 1 aromatic rings. The largest absolute Gasteiger partial charge is 0.446 e. The Morgan fingerprint density at radius 1 is 1.19 bits per heavy atom. The van der Waals surface area contributed by atoms with E-state index in [0.29, 0.717) is 32.2 Å². The fourth-order valence-electron chi connectivity index (χ4n) is 3.74. The van der Waals surface area contributed by atoms with Crippen LogP contribution in [-0.2, 0) is 20.7 Å². The minimum Gasteiger partial charge on any atom is -0.446 e. The predicted molar refractivity (Wildman–Crippen MR) is 117 cm³/mol. The van der Waals surface area contributed by atoms with Gasteiger partial charge in [0, 0.05) is 18.9 Å². The van der Waals surface area contributed by atoms with Gasteiger partial charge in [-0.05, 0) is 37.7 Å². The van der Waals surface area contributed by atoms with Gasteiger partial charge in [0.05, 0.1) is 12.6 Å². The minimum atomic E-state index is -0.789. The van der Waals surface area contributed by atoms with Crippen LogP contribution in [0.2, 0.25) is 0 Å². The van der Waals surface area contributed by atoms with Gasteiger partial charge in [-0.25, -0.2) is 4.79 Å². The molecule has 2 rings (SSSR count). The van der Waals surface area contributed by atoms with Crippen molar-refractivity contribution in [3.63, 3.8) is 0 Å². The maximum Gasteiger partial charge on any atom is 0.408 e. The molecule has 0 bridgehead atoms. The Kier molecular flexibility index (Phi) is 9.78. The first-order valence-corrected chi connectivity index (χ1v) is 11.0. The molecule has 1 aliphatic rings. The van der Waals surface area contributed by atoms with E-state index >= 15 is 0 Å². The third-order valence-corrected chi connectivity index (χ3v) is 5.29. The van der Waals surface area contributed by atoms with Crippen molar-refractivity contribution in [2.45, 2.75) is 64.6 Å². The molecule has 31 heavy (non-hydrogen) atoms. The predicted octanol–water partition coefficient (Wildman–Crippen LogP) is 1.76. The molecule has 3 amide bonds. The van der Waals surface area contributed by atoms with Crippen LogP contribution in [0.1, 0.15) is 45.6 Å². The maximum atomic E-state index is 12.8. The van der Waals surface area contributed by atoms with E-state index in [2.05, 4.69) is 16.0 Å². The number of hydrogen-bond donors (Lipinski definition) is 4. The molecule has 0 radical (unpaired) electrons. The second-order valence-corrected chi connectivity index (χ2v) is 8.63. The monoisotopic (exact) mass is 433 g/mol. The van der Waals surface area contributed by atoms with Crippen LogP contribution in [0.25, 0.3) is 0 Å². The summed E-state index contributed by atoms with van der Waals surface area (Å²) in [5.41, 5.74) is 1.06. The van der Waals surface area contributed by atoms with Crippen molar-refractivity contribution in [3.8, 4) is 0 Å². The topological polar surface area (TPSA) is 117 Å². The van der Waals surface area contributed by atoms with Crippen molar-refractivity contribution in [1.29, 1.82) is 0 Å². The highest BCUT2D eigenvalue weighted by atomic mass is 16.6. The van der Waals surface area contributed by atoms with Crippen molar-refractivity contribution < 1.29 is 24.2 Å². The van der Waals surface area contributed by atoms with E-state index in [-0.39, 0.29) is 36.4 Å². The number of alkyl carbamates (subject to hydrolysis) is 1. The molecule has 8 heteroatoms. The number of aliphatic hydroxyl groups excluding tert-OH is 1. The molecule has 8 nitrogen and oxygen atoms in total. The highest BCUT2D eigenvalue weighted by Gasteiger charge is 2.30. The highest BCUT2D eigenvalue weighted by Crippen LogP contribution is 2.16. The summed E-state index contributed by atoms with van der Waals surface area (Å²) >= 11 is 0. The fraction of sp³-hybridized carbons (Fsp3) is 0.609. The van der Waals surface area contributed by atoms with Gasteiger partial charge in [0.1, 0.15) is 12.1 Å². The number of amides is 3. The minimum absolute atomic E-state index is 0.0551. The van der Waals surface area contributed by atoms with Gasteiger partial charge in [-0.1, -0.05) is 44.2 Å². The van der Waals surface area contributed by atoms with E-state index < -0.39 is 18.2 Å². The van der Waals surface area contributed by atoms with Gasteiger partial charge in [0.25, 0.3) is 0 Å². The third-order valence-electron chi connectivity index (χ3n) is 5.29. The number of rotatable bonds is 11. The van der Waals surface area contributed by atoms with Gasteiger partial charge in [-0.15, -0.1) is 0 Å². The lowest BCUT2D eigenvalue weighted by Crippen LogP contribution is -2.52. The highest BCUT2D eigenvalue weighted by molar-refractivity contribution is 5.86. The summed E-state index contributed by atoms with van der Waals surface area (Å²) in [4.78, 5) is 37.0. The zero-order chi connectivity index (χ0) is 22.8. The Morgan fingerprint density at radius 3 is 2.48 bits per heavy atom. The summed E-state index contributed by atoms with van der Waals surface area (Å²) in [7, 11) is 0. The summed E-state index contributed by atoms with van der Waals surface area (Å²) in [5, 5.41) is 17.9. The summed E-state index contributed by atoms with van der Waals surface area (Å²) in [6.07, 6.45) is 1.05. The van der Waals surface area contributed by atoms with Crippen LogP contribution in [0, 0.1) is 11.8 Å². The van der Waals surface area contributed by atoms with Crippen LogP contribution < -0.4 is 16.0 Å². The lowest BCUT2D eigenvalue weighted by Gasteiger charge is -2.25. The summed E-state index contributed by atoms with van der Waals surface area (Å²) < 4.78 is 5.44. The normalized spacial score (nSPS) is 18.7. The number of carbonyl (C=O) groups excluding carboxylic acids is 3. The second-order valence-electron chi connectivity index (χ2n) is 8.63. The second kappa shape index (κ2) is 12.3. The van der Waals surface area contributed by atoms with Crippen LogP contribution in [0.3, 0.4) is 0 Å². The molecule has 4 N–H and O–H groups in total. The molecule has 0 aromatic heterocycles. The summed E-state index contributed by atoms with van der Waals surface area (Å²) in [6.45, 7) is 6.05. The van der Waals surface area contributed by atoms with Gasteiger partial charge in [-0.3, -0.25) is 9.59 Å². The first-order valence-electron chi connectivity index (χ1n) is 11.0. The number of carbonyl (C=O) groups is 3. The lowest BCUT2D eigenvalue weighted by atomic mass is 9.97. The zero-order valence-electron chi connectivity index (χ0n) is 18.6. The standard InChI is InChI=1S/C23H35N3O5/c1-15(2)11-20(22(29)25-19(14-27)13-18-9-10-24-21(18)28)26-23(30)31-16(3)12-17-7-5-4-6-8-17/h4-8,15-16,18-20,27H,9-14H2,1-3H3,(H,24,28)(H,25,29)(H,26,30). The third kappa shape index (κ3) is 8.57. The number of aliphatic hydroxyl groups is 1. The van der Waals surface area contributed by atoms with Gasteiger partial charge in [0.15, 0.2) is 0 Å². The van der Waals surface area contributed by atoms with Crippen molar-refractivity contribution in [2.24, 2.45) is 11.8 Å². The molecule has 1 aliphatic heterocycles. The average Bonchev–Trinajstić information content (AvgIpc) is 3.11. The van der Waals surface area contributed by atoms with Crippen molar-refractivity contribution in [3.05, 3.63) is 35.9 Å². The summed E-state index contributed by atoms with van der Waals surface area (Å²) in [6, 6.07) is 8.37. The van der Waals surface area contributed by atoms with E-state index in [9.17, 15) is 19.5 Å².